The molecule has 0 saturated heterocycles. The lowest BCUT2D eigenvalue weighted by atomic mass is 10.0. The van der Waals surface area contributed by atoms with Gasteiger partial charge in [-0.2, -0.15) is 0 Å². The highest BCUT2D eigenvalue weighted by atomic mass is 19.1. The van der Waals surface area contributed by atoms with Gasteiger partial charge < -0.3 is 14.8 Å². The molecule has 2 aromatic carbocycles. The Morgan fingerprint density at radius 1 is 1.10 bits per heavy atom. The minimum Gasteiger partial charge on any atom is -0.497 e. The standard InChI is InChI=1S/C16H16FNO2/c1-19-11-6-10(7-12(8-11)20-2)16-9-13-14(17)4-3-5-15(13)18-16/h3-8,16,18H,9H2,1-2H3. The van der Waals surface area contributed by atoms with Crippen molar-refractivity contribution in [2.75, 3.05) is 19.5 Å². The van der Waals surface area contributed by atoms with Crippen molar-refractivity contribution in [1.29, 1.82) is 0 Å². The second kappa shape index (κ2) is 5.04. The van der Waals surface area contributed by atoms with E-state index in [0.29, 0.717) is 6.42 Å². The number of benzene rings is 2. The zero-order valence-electron chi connectivity index (χ0n) is 11.4. The van der Waals surface area contributed by atoms with Crippen molar-refractivity contribution in [3.8, 4) is 11.5 Å². The fourth-order valence-electron chi connectivity index (χ4n) is 2.58. The lowest BCUT2D eigenvalue weighted by Gasteiger charge is -2.14. The number of halogens is 1. The predicted molar refractivity (Wildman–Crippen MR) is 76.0 cm³/mol. The summed E-state index contributed by atoms with van der Waals surface area (Å²) >= 11 is 0. The Labute approximate surface area is 117 Å². The Hall–Kier alpha value is -2.23. The monoisotopic (exact) mass is 273 g/mol. The summed E-state index contributed by atoms with van der Waals surface area (Å²) in [4.78, 5) is 0. The van der Waals surface area contributed by atoms with Crippen LogP contribution in [-0.4, -0.2) is 14.2 Å². The Balaban J connectivity index is 1.94. The van der Waals surface area contributed by atoms with E-state index in [2.05, 4.69) is 5.32 Å². The van der Waals surface area contributed by atoms with Crippen LogP contribution in [0.2, 0.25) is 0 Å². The first-order valence-electron chi connectivity index (χ1n) is 6.48. The van der Waals surface area contributed by atoms with E-state index >= 15 is 0 Å². The molecule has 20 heavy (non-hydrogen) atoms. The Kier molecular flexibility index (Phi) is 3.22. The van der Waals surface area contributed by atoms with Crippen LogP contribution in [0.4, 0.5) is 10.1 Å². The van der Waals surface area contributed by atoms with Crippen molar-refractivity contribution in [1.82, 2.24) is 0 Å². The second-order valence-electron chi connectivity index (χ2n) is 4.81. The molecule has 0 fully saturated rings. The zero-order chi connectivity index (χ0) is 14.1. The van der Waals surface area contributed by atoms with Crippen molar-refractivity contribution < 1.29 is 13.9 Å². The van der Waals surface area contributed by atoms with E-state index in [0.717, 1.165) is 28.3 Å². The smallest absolute Gasteiger partial charge is 0.128 e. The lowest BCUT2D eigenvalue weighted by molar-refractivity contribution is 0.393. The third kappa shape index (κ3) is 2.18. The van der Waals surface area contributed by atoms with Gasteiger partial charge >= 0.3 is 0 Å². The van der Waals surface area contributed by atoms with Crippen molar-refractivity contribution in [2.24, 2.45) is 0 Å². The summed E-state index contributed by atoms with van der Waals surface area (Å²) in [7, 11) is 3.24. The minimum absolute atomic E-state index is 0.0332. The van der Waals surface area contributed by atoms with Crippen LogP contribution in [0.5, 0.6) is 11.5 Å². The highest BCUT2D eigenvalue weighted by Gasteiger charge is 2.25. The average molecular weight is 273 g/mol. The highest BCUT2D eigenvalue weighted by molar-refractivity contribution is 5.59. The van der Waals surface area contributed by atoms with Crippen molar-refractivity contribution in [2.45, 2.75) is 12.5 Å². The second-order valence-corrected chi connectivity index (χ2v) is 4.81. The zero-order valence-corrected chi connectivity index (χ0v) is 11.4. The summed E-state index contributed by atoms with van der Waals surface area (Å²) in [5, 5.41) is 3.34. The molecule has 1 aliphatic heterocycles. The fourth-order valence-corrected chi connectivity index (χ4v) is 2.58. The molecular formula is C16H16FNO2. The van der Waals surface area contributed by atoms with Gasteiger partial charge in [-0.15, -0.1) is 0 Å². The molecule has 3 rings (SSSR count). The highest BCUT2D eigenvalue weighted by Crippen LogP contribution is 2.37. The number of methoxy groups -OCH3 is 2. The number of fused-ring (bicyclic) bond motifs is 1. The summed E-state index contributed by atoms with van der Waals surface area (Å²) < 4.78 is 24.3. The van der Waals surface area contributed by atoms with Gasteiger partial charge in [-0.3, -0.25) is 0 Å². The molecule has 0 aliphatic carbocycles. The van der Waals surface area contributed by atoms with Gasteiger partial charge in [-0.1, -0.05) is 6.07 Å². The lowest BCUT2D eigenvalue weighted by Crippen LogP contribution is -2.06. The molecule has 0 bridgehead atoms. The van der Waals surface area contributed by atoms with E-state index in [1.54, 1.807) is 20.3 Å². The summed E-state index contributed by atoms with van der Waals surface area (Å²) in [6.07, 6.45) is 0.623. The number of hydrogen-bond donors (Lipinski definition) is 1. The first-order chi connectivity index (χ1) is 9.71. The van der Waals surface area contributed by atoms with Crippen molar-refractivity contribution in [3.63, 3.8) is 0 Å². The quantitative estimate of drug-likeness (QED) is 0.927. The molecule has 1 aliphatic rings. The summed E-state index contributed by atoms with van der Waals surface area (Å²) in [5.74, 6) is 1.31. The van der Waals surface area contributed by atoms with Gasteiger partial charge in [0, 0.05) is 23.7 Å². The number of nitrogens with one attached hydrogen (secondary N) is 1. The number of anilines is 1. The Morgan fingerprint density at radius 3 is 2.40 bits per heavy atom. The summed E-state index contributed by atoms with van der Waals surface area (Å²) in [6.45, 7) is 0. The Morgan fingerprint density at radius 2 is 1.80 bits per heavy atom. The van der Waals surface area contributed by atoms with Crippen LogP contribution in [-0.2, 0) is 6.42 Å². The molecule has 104 valence electrons. The van der Waals surface area contributed by atoms with Gasteiger partial charge in [0.25, 0.3) is 0 Å². The first kappa shape index (κ1) is 12.8. The van der Waals surface area contributed by atoms with Crippen LogP contribution in [0, 0.1) is 5.82 Å². The molecule has 3 nitrogen and oxygen atoms in total. The number of hydrogen-bond acceptors (Lipinski definition) is 3. The Bertz CT molecular complexity index is 620. The van der Waals surface area contributed by atoms with Crippen LogP contribution in [0.15, 0.2) is 36.4 Å². The van der Waals surface area contributed by atoms with E-state index < -0.39 is 0 Å². The van der Waals surface area contributed by atoms with Gasteiger partial charge in [-0.25, -0.2) is 4.39 Å². The maximum absolute atomic E-state index is 13.8. The summed E-state index contributed by atoms with van der Waals surface area (Å²) in [6, 6.07) is 10.9. The number of rotatable bonds is 3. The van der Waals surface area contributed by atoms with Gasteiger partial charge in [0.1, 0.15) is 17.3 Å². The largest absolute Gasteiger partial charge is 0.497 e. The van der Waals surface area contributed by atoms with Gasteiger partial charge in [0.2, 0.25) is 0 Å². The average Bonchev–Trinajstić information content (AvgIpc) is 2.92. The number of ether oxygens (including phenoxy) is 2. The third-order valence-corrected chi connectivity index (χ3v) is 3.63. The van der Waals surface area contributed by atoms with Crippen LogP contribution >= 0.6 is 0 Å². The van der Waals surface area contributed by atoms with E-state index in [1.165, 1.54) is 6.07 Å². The molecule has 0 saturated carbocycles. The van der Waals surface area contributed by atoms with Gasteiger partial charge in [0.05, 0.1) is 20.3 Å². The normalized spacial score (nSPS) is 16.4. The van der Waals surface area contributed by atoms with Gasteiger partial charge in [0.15, 0.2) is 0 Å². The molecular weight excluding hydrogens is 257 g/mol. The molecule has 0 amide bonds. The third-order valence-electron chi connectivity index (χ3n) is 3.63. The van der Waals surface area contributed by atoms with E-state index in [4.69, 9.17) is 9.47 Å². The van der Waals surface area contributed by atoms with E-state index in [-0.39, 0.29) is 11.9 Å². The SMILES string of the molecule is COc1cc(OC)cc(C2Cc3c(F)cccc3N2)c1. The first-order valence-corrected chi connectivity index (χ1v) is 6.48. The molecule has 1 unspecified atom stereocenters. The molecule has 0 aromatic heterocycles. The van der Waals surface area contributed by atoms with E-state index in [9.17, 15) is 4.39 Å². The topological polar surface area (TPSA) is 30.5 Å². The van der Waals surface area contributed by atoms with Gasteiger partial charge in [-0.05, 0) is 29.8 Å². The van der Waals surface area contributed by atoms with Crippen LogP contribution < -0.4 is 14.8 Å². The van der Waals surface area contributed by atoms with E-state index in [1.807, 2.05) is 24.3 Å². The maximum atomic E-state index is 13.8. The molecule has 2 aromatic rings. The van der Waals surface area contributed by atoms with Crippen molar-refractivity contribution in [3.05, 3.63) is 53.3 Å². The molecule has 0 spiro atoms. The van der Waals surface area contributed by atoms with Crippen LogP contribution in [0.1, 0.15) is 17.2 Å². The minimum atomic E-state index is -0.160. The fraction of sp³-hybridized carbons (Fsp3) is 0.250. The maximum Gasteiger partial charge on any atom is 0.128 e. The predicted octanol–water partition coefficient (Wildman–Crippen LogP) is 3.55. The van der Waals surface area contributed by atoms with Crippen LogP contribution in [0.3, 0.4) is 0 Å². The molecule has 1 atom stereocenters. The summed E-state index contributed by atoms with van der Waals surface area (Å²) in [5.41, 5.74) is 2.62. The molecule has 1 heterocycles. The molecule has 4 heteroatoms. The molecule has 1 N–H and O–H groups in total. The van der Waals surface area contributed by atoms with Crippen LogP contribution in [0.25, 0.3) is 0 Å². The van der Waals surface area contributed by atoms with Crippen molar-refractivity contribution >= 4 is 5.69 Å². The molecule has 0 radical (unpaired) electrons.